The number of H-pyrrole nitrogens is 1. The van der Waals surface area contributed by atoms with Crippen molar-refractivity contribution in [3.8, 4) is 0 Å². The molecule has 0 atom stereocenters. The number of carbonyl (C=O) groups excluding carboxylic acids is 2. The summed E-state index contributed by atoms with van der Waals surface area (Å²) in [7, 11) is 1.72. The normalized spacial score (nSPS) is 16.7. The van der Waals surface area contributed by atoms with Gasteiger partial charge in [-0.15, -0.1) is 0 Å². The van der Waals surface area contributed by atoms with Crippen LogP contribution in [0.5, 0.6) is 0 Å². The Balaban J connectivity index is 2.12. The third-order valence-corrected chi connectivity index (χ3v) is 2.64. The molecule has 1 aliphatic rings. The van der Waals surface area contributed by atoms with E-state index < -0.39 is 0 Å². The number of likely N-dealkylation sites (N-methyl/N-ethyl adjacent to an activating group) is 1. The summed E-state index contributed by atoms with van der Waals surface area (Å²) < 4.78 is 0. The van der Waals surface area contributed by atoms with Crippen molar-refractivity contribution in [2.45, 2.75) is 0 Å². The molecular weight excluding hydrogens is 210 g/mol. The summed E-state index contributed by atoms with van der Waals surface area (Å²) in [5, 5.41) is 6.17. The summed E-state index contributed by atoms with van der Waals surface area (Å²) in [6.07, 6.45) is 1.38. The average Bonchev–Trinajstić information content (AvgIpc) is 2.67. The van der Waals surface area contributed by atoms with Gasteiger partial charge in [-0.2, -0.15) is 5.10 Å². The summed E-state index contributed by atoms with van der Waals surface area (Å²) >= 11 is 0. The first-order valence-electron chi connectivity index (χ1n) is 4.91. The van der Waals surface area contributed by atoms with Crippen molar-refractivity contribution in [3.05, 3.63) is 11.8 Å². The van der Waals surface area contributed by atoms with E-state index in [2.05, 4.69) is 10.2 Å². The fourth-order valence-electron chi connectivity index (χ4n) is 1.57. The molecule has 0 aliphatic carbocycles. The average molecular weight is 223 g/mol. The third-order valence-electron chi connectivity index (χ3n) is 2.64. The molecule has 2 amide bonds. The van der Waals surface area contributed by atoms with Gasteiger partial charge in [0, 0.05) is 20.1 Å². The van der Waals surface area contributed by atoms with Crippen molar-refractivity contribution in [2.24, 2.45) is 0 Å². The lowest BCUT2D eigenvalue weighted by Gasteiger charge is -2.31. The molecule has 0 aromatic carbocycles. The van der Waals surface area contributed by atoms with Crippen LogP contribution in [0.25, 0.3) is 0 Å². The van der Waals surface area contributed by atoms with Gasteiger partial charge in [0.1, 0.15) is 17.9 Å². The zero-order valence-electron chi connectivity index (χ0n) is 8.93. The smallest absolute Gasteiger partial charge is 0.259 e. The molecule has 16 heavy (non-hydrogen) atoms. The van der Waals surface area contributed by atoms with Crippen LogP contribution in [-0.4, -0.2) is 58.5 Å². The van der Waals surface area contributed by atoms with Gasteiger partial charge in [-0.25, -0.2) is 0 Å². The lowest BCUT2D eigenvalue weighted by Crippen LogP contribution is -2.50. The Labute approximate surface area is 92.2 Å². The maximum absolute atomic E-state index is 11.9. The predicted molar refractivity (Wildman–Crippen MR) is 56.5 cm³/mol. The summed E-state index contributed by atoms with van der Waals surface area (Å²) in [6, 6.07) is 0. The number of anilines is 1. The molecule has 1 fully saturated rings. The van der Waals surface area contributed by atoms with E-state index in [1.807, 2.05) is 0 Å². The number of rotatable bonds is 1. The highest BCUT2D eigenvalue weighted by Crippen LogP contribution is 2.12. The van der Waals surface area contributed by atoms with E-state index in [9.17, 15) is 9.59 Å². The molecule has 2 rings (SSSR count). The van der Waals surface area contributed by atoms with Gasteiger partial charge in [-0.3, -0.25) is 14.7 Å². The highest BCUT2D eigenvalue weighted by molar-refractivity contribution is 6.00. The number of piperazine rings is 1. The monoisotopic (exact) mass is 223 g/mol. The van der Waals surface area contributed by atoms with Crippen LogP contribution in [0.1, 0.15) is 10.4 Å². The highest BCUT2D eigenvalue weighted by atomic mass is 16.2. The lowest BCUT2D eigenvalue weighted by atomic mass is 10.2. The molecule has 0 unspecified atom stereocenters. The van der Waals surface area contributed by atoms with Gasteiger partial charge in [0.2, 0.25) is 5.91 Å². The molecule has 3 N–H and O–H groups in total. The molecule has 1 aromatic rings. The van der Waals surface area contributed by atoms with E-state index in [1.165, 1.54) is 11.1 Å². The van der Waals surface area contributed by atoms with E-state index in [0.717, 1.165) is 0 Å². The Kier molecular flexibility index (Phi) is 2.51. The molecular formula is C9H13N5O2. The number of hydrogen-bond donors (Lipinski definition) is 2. The number of nitrogens with two attached hydrogens (primary N) is 1. The van der Waals surface area contributed by atoms with E-state index >= 15 is 0 Å². The molecule has 7 nitrogen and oxygen atoms in total. The summed E-state index contributed by atoms with van der Waals surface area (Å²) in [5.74, 6) is -0.0919. The SMILES string of the molecule is CN1CCN(C(=O)c2cn[nH]c2N)CC1=O. The highest BCUT2D eigenvalue weighted by Gasteiger charge is 2.27. The van der Waals surface area contributed by atoms with Crippen molar-refractivity contribution in [2.75, 3.05) is 32.4 Å². The van der Waals surface area contributed by atoms with E-state index in [-0.39, 0.29) is 24.2 Å². The summed E-state index contributed by atoms with van der Waals surface area (Å²) in [4.78, 5) is 26.5. The second-order valence-electron chi connectivity index (χ2n) is 3.74. The van der Waals surface area contributed by atoms with Crippen LogP contribution in [0.4, 0.5) is 5.82 Å². The second kappa shape index (κ2) is 3.84. The molecule has 0 saturated carbocycles. The van der Waals surface area contributed by atoms with Crippen molar-refractivity contribution in [3.63, 3.8) is 0 Å². The maximum Gasteiger partial charge on any atom is 0.259 e. The zero-order valence-corrected chi connectivity index (χ0v) is 8.93. The number of nitrogens with zero attached hydrogens (tertiary/aromatic N) is 3. The van der Waals surface area contributed by atoms with Crippen molar-refractivity contribution < 1.29 is 9.59 Å². The fraction of sp³-hybridized carbons (Fsp3) is 0.444. The molecule has 0 bridgehead atoms. The Morgan fingerprint density at radius 3 is 2.88 bits per heavy atom. The number of amides is 2. The van der Waals surface area contributed by atoms with Gasteiger partial charge >= 0.3 is 0 Å². The van der Waals surface area contributed by atoms with E-state index in [1.54, 1.807) is 11.9 Å². The van der Waals surface area contributed by atoms with Crippen LogP contribution < -0.4 is 5.73 Å². The Bertz CT molecular complexity index is 427. The number of nitrogens with one attached hydrogen (secondary N) is 1. The number of carbonyl (C=O) groups is 2. The minimum Gasteiger partial charge on any atom is -0.383 e. The maximum atomic E-state index is 11.9. The minimum absolute atomic E-state index is 0.0679. The Morgan fingerprint density at radius 1 is 1.56 bits per heavy atom. The van der Waals surface area contributed by atoms with Crippen LogP contribution in [0.15, 0.2) is 6.20 Å². The summed E-state index contributed by atoms with van der Waals surface area (Å²) in [6.45, 7) is 1.16. The minimum atomic E-state index is -0.257. The quantitative estimate of drug-likeness (QED) is 0.632. The molecule has 0 radical (unpaired) electrons. The molecule has 2 heterocycles. The van der Waals surface area contributed by atoms with Gasteiger partial charge in [0.05, 0.1) is 6.20 Å². The van der Waals surface area contributed by atoms with Gasteiger partial charge in [0.25, 0.3) is 5.91 Å². The van der Waals surface area contributed by atoms with Gasteiger partial charge in [-0.1, -0.05) is 0 Å². The van der Waals surface area contributed by atoms with E-state index in [4.69, 9.17) is 5.73 Å². The third kappa shape index (κ3) is 1.71. The van der Waals surface area contributed by atoms with Crippen molar-refractivity contribution in [1.82, 2.24) is 20.0 Å². The number of nitrogen functional groups attached to an aromatic ring is 1. The fourth-order valence-corrected chi connectivity index (χ4v) is 1.57. The van der Waals surface area contributed by atoms with E-state index in [0.29, 0.717) is 18.7 Å². The van der Waals surface area contributed by atoms with Crippen LogP contribution >= 0.6 is 0 Å². The predicted octanol–water partition coefficient (Wildman–Crippen LogP) is -1.09. The first-order valence-corrected chi connectivity index (χ1v) is 4.91. The number of hydrogen-bond acceptors (Lipinski definition) is 4. The standard InChI is InChI=1S/C9H13N5O2/c1-13-2-3-14(5-7(13)15)9(16)6-4-11-12-8(6)10/h4H,2-3,5H2,1H3,(H3,10,11,12). The van der Waals surface area contributed by atoms with Crippen molar-refractivity contribution in [1.29, 1.82) is 0 Å². The largest absolute Gasteiger partial charge is 0.383 e. The summed E-state index contributed by atoms with van der Waals surface area (Å²) in [5.41, 5.74) is 5.87. The molecule has 86 valence electrons. The van der Waals surface area contributed by atoms with Crippen LogP contribution in [0, 0.1) is 0 Å². The van der Waals surface area contributed by atoms with Crippen LogP contribution in [0.2, 0.25) is 0 Å². The lowest BCUT2D eigenvalue weighted by molar-refractivity contribution is -0.133. The molecule has 1 saturated heterocycles. The van der Waals surface area contributed by atoms with Crippen LogP contribution in [-0.2, 0) is 4.79 Å². The number of aromatic amines is 1. The van der Waals surface area contributed by atoms with Crippen LogP contribution in [0.3, 0.4) is 0 Å². The number of aromatic nitrogens is 2. The Morgan fingerprint density at radius 2 is 2.31 bits per heavy atom. The van der Waals surface area contributed by atoms with Gasteiger partial charge < -0.3 is 15.5 Å². The first-order chi connectivity index (χ1) is 7.59. The second-order valence-corrected chi connectivity index (χ2v) is 3.74. The topological polar surface area (TPSA) is 95.3 Å². The van der Waals surface area contributed by atoms with Crippen molar-refractivity contribution >= 4 is 17.6 Å². The van der Waals surface area contributed by atoms with Gasteiger partial charge in [-0.05, 0) is 0 Å². The zero-order chi connectivity index (χ0) is 11.7. The van der Waals surface area contributed by atoms with Gasteiger partial charge in [0.15, 0.2) is 0 Å². The molecule has 0 spiro atoms. The Hall–Kier alpha value is -2.05. The molecule has 1 aromatic heterocycles. The molecule has 7 heteroatoms. The molecule has 1 aliphatic heterocycles. The first kappa shape index (κ1) is 10.5.